The first-order valence-corrected chi connectivity index (χ1v) is 6.03. The molecule has 5 nitrogen and oxygen atoms in total. The zero-order chi connectivity index (χ0) is 13.0. The van der Waals surface area contributed by atoms with Gasteiger partial charge in [0.15, 0.2) is 0 Å². The molecule has 1 saturated heterocycles. The molecule has 1 aromatic carbocycles. The summed E-state index contributed by atoms with van der Waals surface area (Å²) in [5.41, 5.74) is 6.72. The van der Waals surface area contributed by atoms with Crippen molar-refractivity contribution in [2.45, 2.75) is 18.9 Å². The highest BCUT2D eigenvalue weighted by Gasteiger charge is 2.17. The highest BCUT2D eigenvalue weighted by atomic mass is 16.5. The highest BCUT2D eigenvalue weighted by Crippen LogP contribution is 2.18. The van der Waals surface area contributed by atoms with E-state index in [2.05, 4.69) is 5.32 Å². The minimum atomic E-state index is -0.156. The summed E-state index contributed by atoms with van der Waals surface area (Å²) in [7, 11) is 1.54. The number of carbonyl (C=O) groups is 1. The molecule has 2 rings (SSSR count). The van der Waals surface area contributed by atoms with Crippen LogP contribution in [0.5, 0.6) is 5.75 Å². The topological polar surface area (TPSA) is 73.6 Å². The molecule has 0 spiro atoms. The third-order valence-electron chi connectivity index (χ3n) is 2.94. The van der Waals surface area contributed by atoms with E-state index in [9.17, 15) is 4.79 Å². The van der Waals surface area contributed by atoms with Crippen molar-refractivity contribution in [3.63, 3.8) is 0 Å². The summed E-state index contributed by atoms with van der Waals surface area (Å²) in [4.78, 5) is 11.9. The second-order valence-corrected chi connectivity index (χ2v) is 4.34. The van der Waals surface area contributed by atoms with E-state index in [0.717, 1.165) is 19.4 Å². The fourth-order valence-corrected chi connectivity index (χ4v) is 1.98. The summed E-state index contributed by atoms with van der Waals surface area (Å²) >= 11 is 0. The van der Waals surface area contributed by atoms with Crippen LogP contribution in [0.4, 0.5) is 5.69 Å². The number of rotatable bonds is 4. The largest absolute Gasteiger partial charge is 0.497 e. The Hall–Kier alpha value is -1.75. The van der Waals surface area contributed by atoms with Gasteiger partial charge >= 0.3 is 0 Å². The normalized spacial score (nSPS) is 18.6. The molecule has 0 bridgehead atoms. The Labute approximate surface area is 106 Å². The number of nitrogen functional groups attached to an aromatic ring is 1. The molecule has 0 aliphatic carbocycles. The Morgan fingerprint density at radius 1 is 1.56 bits per heavy atom. The van der Waals surface area contributed by atoms with Crippen LogP contribution < -0.4 is 15.8 Å². The Bertz CT molecular complexity index is 428. The Morgan fingerprint density at radius 3 is 3.06 bits per heavy atom. The van der Waals surface area contributed by atoms with E-state index in [1.54, 1.807) is 25.3 Å². The fraction of sp³-hybridized carbons (Fsp3) is 0.462. The van der Waals surface area contributed by atoms with Crippen molar-refractivity contribution in [1.29, 1.82) is 0 Å². The molecule has 1 aromatic rings. The predicted molar refractivity (Wildman–Crippen MR) is 68.7 cm³/mol. The molecular weight excluding hydrogens is 232 g/mol. The van der Waals surface area contributed by atoms with Gasteiger partial charge in [-0.2, -0.15) is 0 Å². The van der Waals surface area contributed by atoms with Gasteiger partial charge < -0.3 is 20.5 Å². The average Bonchev–Trinajstić information content (AvgIpc) is 2.88. The molecule has 18 heavy (non-hydrogen) atoms. The molecule has 1 fully saturated rings. The van der Waals surface area contributed by atoms with E-state index in [1.165, 1.54) is 0 Å². The number of nitrogens with two attached hydrogens (primary N) is 1. The maximum absolute atomic E-state index is 11.9. The van der Waals surface area contributed by atoms with Crippen LogP contribution in [0.2, 0.25) is 0 Å². The number of ether oxygens (including phenoxy) is 2. The van der Waals surface area contributed by atoms with Gasteiger partial charge in [0.1, 0.15) is 5.75 Å². The summed E-state index contributed by atoms with van der Waals surface area (Å²) < 4.78 is 10.5. The summed E-state index contributed by atoms with van der Waals surface area (Å²) in [6, 6.07) is 4.98. The zero-order valence-electron chi connectivity index (χ0n) is 10.4. The number of amides is 1. The molecule has 5 heteroatoms. The third-order valence-corrected chi connectivity index (χ3v) is 2.94. The van der Waals surface area contributed by atoms with Crippen LogP contribution in [0.1, 0.15) is 23.2 Å². The quantitative estimate of drug-likeness (QED) is 0.787. The van der Waals surface area contributed by atoms with Crippen molar-refractivity contribution >= 4 is 11.6 Å². The van der Waals surface area contributed by atoms with Gasteiger partial charge in [0.25, 0.3) is 5.91 Å². The fourth-order valence-electron chi connectivity index (χ4n) is 1.98. The molecule has 3 N–H and O–H groups in total. The van der Waals surface area contributed by atoms with Crippen LogP contribution in [0.25, 0.3) is 0 Å². The second kappa shape index (κ2) is 5.73. The molecule has 1 atom stereocenters. The standard InChI is InChI=1S/C13H18N2O3/c1-17-12-6-9(5-10(14)7-12)13(16)15-8-11-3-2-4-18-11/h5-7,11H,2-4,8,14H2,1H3,(H,15,16). The van der Waals surface area contributed by atoms with E-state index >= 15 is 0 Å². The zero-order valence-corrected chi connectivity index (χ0v) is 10.4. The van der Waals surface area contributed by atoms with Crippen molar-refractivity contribution in [3.8, 4) is 5.75 Å². The van der Waals surface area contributed by atoms with Crippen molar-refractivity contribution in [3.05, 3.63) is 23.8 Å². The maximum Gasteiger partial charge on any atom is 0.251 e. The smallest absolute Gasteiger partial charge is 0.251 e. The minimum absolute atomic E-state index is 0.136. The van der Waals surface area contributed by atoms with Gasteiger partial charge in [-0.3, -0.25) is 4.79 Å². The van der Waals surface area contributed by atoms with Crippen molar-refractivity contribution in [1.82, 2.24) is 5.32 Å². The Kier molecular flexibility index (Phi) is 4.04. The van der Waals surface area contributed by atoms with Crippen LogP contribution in [0.3, 0.4) is 0 Å². The number of hydrogen-bond donors (Lipinski definition) is 2. The van der Waals surface area contributed by atoms with Gasteiger partial charge in [0, 0.05) is 30.5 Å². The summed E-state index contributed by atoms with van der Waals surface area (Å²) in [5.74, 6) is 0.424. The van der Waals surface area contributed by atoms with Gasteiger partial charge in [0.2, 0.25) is 0 Å². The van der Waals surface area contributed by atoms with E-state index in [0.29, 0.717) is 23.5 Å². The van der Waals surface area contributed by atoms with Crippen molar-refractivity contribution in [2.75, 3.05) is 26.0 Å². The third kappa shape index (κ3) is 3.13. The van der Waals surface area contributed by atoms with E-state index in [1.807, 2.05) is 0 Å². The highest BCUT2D eigenvalue weighted by molar-refractivity contribution is 5.95. The molecule has 1 unspecified atom stereocenters. The van der Waals surface area contributed by atoms with E-state index < -0.39 is 0 Å². The Morgan fingerprint density at radius 2 is 2.39 bits per heavy atom. The molecule has 1 aliphatic rings. The number of carbonyl (C=O) groups excluding carboxylic acids is 1. The molecule has 1 amide bonds. The van der Waals surface area contributed by atoms with E-state index in [-0.39, 0.29) is 12.0 Å². The lowest BCUT2D eigenvalue weighted by Gasteiger charge is -2.11. The number of methoxy groups -OCH3 is 1. The minimum Gasteiger partial charge on any atom is -0.497 e. The molecule has 1 heterocycles. The first kappa shape index (κ1) is 12.7. The SMILES string of the molecule is COc1cc(N)cc(C(=O)NCC2CCCO2)c1. The molecule has 1 aliphatic heterocycles. The average molecular weight is 250 g/mol. The Balaban J connectivity index is 1.97. The van der Waals surface area contributed by atoms with Gasteiger partial charge in [-0.1, -0.05) is 0 Å². The number of anilines is 1. The lowest BCUT2D eigenvalue weighted by Crippen LogP contribution is -2.31. The monoisotopic (exact) mass is 250 g/mol. The van der Waals surface area contributed by atoms with Crippen LogP contribution in [0, 0.1) is 0 Å². The lowest BCUT2D eigenvalue weighted by atomic mass is 10.1. The number of benzene rings is 1. The van der Waals surface area contributed by atoms with Crippen molar-refractivity contribution in [2.24, 2.45) is 0 Å². The van der Waals surface area contributed by atoms with Crippen LogP contribution in [-0.4, -0.2) is 32.3 Å². The molecule has 0 radical (unpaired) electrons. The van der Waals surface area contributed by atoms with Gasteiger partial charge in [-0.25, -0.2) is 0 Å². The lowest BCUT2D eigenvalue weighted by molar-refractivity contribution is 0.0857. The first-order chi connectivity index (χ1) is 8.69. The number of hydrogen-bond acceptors (Lipinski definition) is 4. The first-order valence-electron chi connectivity index (χ1n) is 6.03. The van der Waals surface area contributed by atoms with Gasteiger partial charge in [0.05, 0.1) is 13.2 Å². The van der Waals surface area contributed by atoms with E-state index in [4.69, 9.17) is 15.2 Å². The molecule has 0 aromatic heterocycles. The van der Waals surface area contributed by atoms with Gasteiger partial charge in [-0.15, -0.1) is 0 Å². The van der Waals surface area contributed by atoms with Crippen LogP contribution in [-0.2, 0) is 4.74 Å². The molecule has 98 valence electrons. The molecular formula is C13H18N2O3. The predicted octanol–water partition coefficient (Wildman–Crippen LogP) is 1.19. The maximum atomic E-state index is 11.9. The second-order valence-electron chi connectivity index (χ2n) is 4.34. The summed E-state index contributed by atoms with van der Waals surface area (Å²) in [5, 5.41) is 2.84. The molecule has 0 saturated carbocycles. The van der Waals surface area contributed by atoms with Crippen LogP contribution in [0.15, 0.2) is 18.2 Å². The summed E-state index contributed by atoms with van der Waals surface area (Å²) in [6.45, 7) is 1.32. The van der Waals surface area contributed by atoms with Crippen molar-refractivity contribution < 1.29 is 14.3 Å². The summed E-state index contributed by atoms with van der Waals surface area (Å²) in [6.07, 6.45) is 2.20. The van der Waals surface area contributed by atoms with Crippen LogP contribution >= 0.6 is 0 Å². The number of nitrogens with one attached hydrogen (secondary N) is 1. The van der Waals surface area contributed by atoms with Gasteiger partial charge in [-0.05, 0) is 25.0 Å².